The van der Waals surface area contributed by atoms with Crippen LogP contribution >= 0.6 is 22.9 Å². The molecule has 0 bridgehead atoms. The molecule has 6 nitrogen and oxygen atoms in total. The number of hydrogen-bond acceptors (Lipinski definition) is 5. The van der Waals surface area contributed by atoms with Crippen LogP contribution in [0.15, 0.2) is 41.9 Å². The Bertz CT molecular complexity index is 1060. The van der Waals surface area contributed by atoms with Crippen LogP contribution in [-0.4, -0.2) is 28.8 Å². The molecule has 9 heteroatoms. The van der Waals surface area contributed by atoms with Crippen molar-refractivity contribution in [1.29, 1.82) is 0 Å². The highest BCUT2D eigenvalue weighted by Crippen LogP contribution is 2.28. The van der Waals surface area contributed by atoms with Crippen molar-refractivity contribution in [2.45, 2.75) is 19.9 Å². The summed E-state index contributed by atoms with van der Waals surface area (Å²) in [4.78, 5) is 33.7. The summed E-state index contributed by atoms with van der Waals surface area (Å²) in [5.74, 6) is -1.07. The molecule has 0 aliphatic heterocycles. The molecule has 0 saturated heterocycles. The smallest absolute Gasteiger partial charge is 0.271 e. The minimum atomic E-state index is -0.528. The minimum Gasteiger partial charge on any atom is -0.346 e. The van der Waals surface area contributed by atoms with Crippen molar-refractivity contribution in [3.05, 3.63) is 64.1 Å². The SMILES string of the molecule is CCC(=O)N(C)c1ccc(-c2nc(C(=O)NCc3cccnc3Cl)cs2)cc1F. The van der Waals surface area contributed by atoms with Gasteiger partial charge in [0.25, 0.3) is 5.91 Å². The predicted molar refractivity (Wildman–Crippen MR) is 112 cm³/mol. The lowest BCUT2D eigenvalue weighted by atomic mass is 10.2. The standard InChI is InChI=1S/C20H18ClFN4O2S/c1-3-17(27)26(2)16-7-6-12(9-14(16)22)20-25-15(11-29-20)19(28)24-10-13-5-4-8-23-18(13)21/h4-9,11H,3,10H2,1-2H3,(H,24,28). The molecule has 0 unspecified atom stereocenters. The molecule has 0 aliphatic rings. The quantitative estimate of drug-likeness (QED) is 0.589. The normalized spacial score (nSPS) is 10.6. The van der Waals surface area contributed by atoms with Crippen LogP contribution in [0.1, 0.15) is 29.4 Å². The molecule has 0 saturated carbocycles. The van der Waals surface area contributed by atoms with Gasteiger partial charge in [0.05, 0.1) is 5.69 Å². The number of carbonyl (C=O) groups excluding carboxylic acids is 2. The second kappa shape index (κ2) is 9.11. The maximum atomic E-state index is 14.5. The zero-order chi connectivity index (χ0) is 21.0. The lowest BCUT2D eigenvalue weighted by Gasteiger charge is -2.17. The van der Waals surface area contributed by atoms with Gasteiger partial charge >= 0.3 is 0 Å². The van der Waals surface area contributed by atoms with Crippen molar-refractivity contribution in [2.75, 3.05) is 11.9 Å². The van der Waals surface area contributed by atoms with E-state index >= 15 is 0 Å². The minimum absolute atomic E-state index is 0.182. The largest absolute Gasteiger partial charge is 0.346 e. The van der Waals surface area contributed by atoms with Gasteiger partial charge in [0.15, 0.2) is 0 Å². The molecule has 3 rings (SSSR count). The van der Waals surface area contributed by atoms with Crippen LogP contribution in [0.25, 0.3) is 10.6 Å². The Morgan fingerprint density at radius 2 is 2.10 bits per heavy atom. The van der Waals surface area contributed by atoms with Gasteiger partial charge in [-0.3, -0.25) is 9.59 Å². The number of aromatic nitrogens is 2. The van der Waals surface area contributed by atoms with E-state index in [1.54, 1.807) is 36.7 Å². The van der Waals surface area contributed by atoms with E-state index in [4.69, 9.17) is 11.6 Å². The van der Waals surface area contributed by atoms with E-state index < -0.39 is 5.82 Å². The lowest BCUT2D eigenvalue weighted by Crippen LogP contribution is -2.26. The molecule has 3 aromatic rings. The van der Waals surface area contributed by atoms with Crippen molar-refractivity contribution in [3.8, 4) is 10.6 Å². The number of rotatable bonds is 6. The maximum Gasteiger partial charge on any atom is 0.271 e. The average molecular weight is 433 g/mol. The van der Waals surface area contributed by atoms with Crippen LogP contribution in [-0.2, 0) is 11.3 Å². The third kappa shape index (κ3) is 4.78. The summed E-state index contributed by atoms with van der Waals surface area (Å²) in [5, 5.41) is 5.17. The zero-order valence-electron chi connectivity index (χ0n) is 15.8. The first kappa shape index (κ1) is 20.9. The Hall–Kier alpha value is -2.84. The highest BCUT2D eigenvalue weighted by atomic mass is 35.5. The van der Waals surface area contributed by atoms with Crippen molar-refractivity contribution in [2.24, 2.45) is 0 Å². The molecule has 150 valence electrons. The van der Waals surface area contributed by atoms with Crippen LogP contribution in [0, 0.1) is 5.82 Å². The van der Waals surface area contributed by atoms with Crippen LogP contribution in [0.2, 0.25) is 5.15 Å². The fourth-order valence-electron chi connectivity index (χ4n) is 2.61. The Morgan fingerprint density at radius 3 is 2.79 bits per heavy atom. The molecule has 2 amide bonds. The number of anilines is 1. The molecule has 2 aromatic heterocycles. The Labute approximate surface area is 176 Å². The molecule has 2 heterocycles. The Balaban J connectivity index is 1.72. The van der Waals surface area contributed by atoms with Crippen molar-refractivity contribution in [3.63, 3.8) is 0 Å². The van der Waals surface area contributed by atoms with Gasteiger partial charge in [0, 0.05) is 42.7 Å². The second-order valence-corrected chi connectivity index (χ2v) is 7.36. The number of carbonyl (C=O) groups is 2. The summed E-state index contributed by atoms with van der Waals surface area (Å²) < 4.78 is 14.5. The number of benzene rings is 1. The topological polar surface area (TPSA) is 75.2 Å². The number of halogens is 2. The first-order chi connectivity index (χ1) is 13.9. The number of nitrogens with zero attached hydrogens (tertiary/aromatic N) is 3. The number of pyridine rings is 1. The van der Waals surface area contributed by atoms with Crippen LogP contribution in [0.4, 0.5) is 10.1 Å². The summed E-state index contributed by atoms with van der Waals surface area (Å²) in [6, 6.07) is 8.02. The van der Waals surface area contributed by atoms with Crippen LogP contribution < -0.4 is 10.2 Å². The Morgan fingerprint density at radius 1 is 1.31 bits per heavy atom. The number of amides is 2. The maximum absolute atomic E-state index is 14.5. The first-order valence-corrected chi connectivity index (χ1v) is 10.1. The molecule has 0 atom stereocenters. The summed E-state index contributed by atoms with van der Waals surface area (Å²) in [6.07, 6.45) is 1.85. The second-order valence-electron chi connectivity index (χ2n) is 6.15. The zero-order valence-corrected chi connectivity index (χ0v) is 17.4. The Kier molecular flexibility index (Phi) is 6.56. The van der Waals surface area contributed by atoms with Crippen LogP contribution in [0.5, 0.6) is 0 Å². The fraction of sp³-hybridized carbons (Fsp3) is 0.200. The number of nitrogens with one attached hydrogen (secondary N) is 1. The highest BCUT2D eigenvalue weighted by molar-refractivity contribution is 7.13. The van der Waals surface area contributed by atoms with Gasteiger partial charge in [-0.2, -0.15) is 0 Å². The van der Waals surface area contributed by atoms with Crippen molar-refractivity contribution in [1.82, 2.24) is 15.3 Å². The summed E-state index contributed by atoms with van der Waals surface area (Å²) in [6.45, 7) is 1.94. The van der Waals surface area contributed by atoms with E-state index in [-0.39, 0.29) is 36.2 Å². The van der Waals surface area contributed by atoms with Gasteiger partial charge in [0.1, 0.15) is 21.7 Å². The van der Waals surface area contributed by atoms with E-state index in [9.17, 15) is 14.0 Å². The monoisotopic (exact) mass is 432 g/mol. The van der Waals surface area contributed by atoms with E-state index in [0.29, 0.717) is 21.3 Å². The third-order valence-electron chi connectivity index (χ3n) is 4.25. The van der Waals surface area contributed by atoms with E-state index in [2.05, 4.69) is 15.3 Å². The molecule has 1 aromatic carbocycles. The molecular formula is C20H18ClFN4O2S. The van der Waals surface area contributed by atoms with E-state index in [1.807, 2.05) is 0 Å². The molecule has 0 spiro atoms. The van der Waals surface area contributed by atoms with Crippen LogP contribution in [0.3, 0.4) is 0 Å². The predicted octanol–water partition coefficient (Wildman–Crippen LogP) is 4.30. The van der Waals surface area contributed by atoms with Gasteiger partial charge in [0.2, 0.25) is 5.91 Å². The van der Waals surface area contributed by atoms with E-state index in [0.717, 1.165) is 0 Å². The molecular weight excluding hydrogens is 415 g/mol. The van der Waals surface area contributed by atoms with Gasteiger partial charge in [-0.05, 0) is 24.3 Å². The molecule has 29 heavy (non-hydrogen) atoms. The summed E-state index contributed by atoms with van der Waals surface area (Å²) in [7, 11) is 1.53. The van der Waals surface area contributed by atoms with Gasteiger partial charge in [-0.1, -0.05) is 24.6 Å². The third-order valence-corrected chi connectivity index (χ3v) is 5.48. The molecule has 0 aliphatic carbocycles. The average Bonchev–Trinajstić information content (AvgIpc) is 3.22. The van der Waals surface area contributed by atoms with Gasteiger partial charge < -0.3 is 10.2 Å². The summed E-state index contributed by atoms with van der Waals surface area (Å²) >= 11 is 7.21. The number of thiazole rings is 1. The van der Waals surface area contributed by atoms with E-state index in [1.165, 1.54) is 35.4 Å². The first-order valence-electron chi connectivity index (χ1n) is 8.80. The fourth-order valence-corrected chi connectivity index (χ4v) is 3.59. The van der Waals surface area contributed by atoms with Gasteiger partial charge in [-0.25, -0.2) is 14.4 Å². The van der Waals surface area contributed by atoms with Crippen molar-refractivity contribution >= 4 is 40.4 Å². The lowest BCUT2D eigenvalue weighted by molar-refractivity contribution is -0.118. The molecule has 0 radical (unpaired) electrons. The van der Waals surface area contributed by atoms with Crippen molar-refractivity contribution < 1.29 is 14.0 Å². The van der Waals surface area contributed by atoms with Gasteiger partial charge in [-0.15, -0.1) is 11.3 Å². The number of hydrogen-bond donors (Lipinski definition) is 1. The molecule has 0 fully saturated rings. The molecule has 1 N–H and O–H groups in total. The highest BCUT2D eigenvalue weighted by Gasteiger charge is 2.16. The summed E-state index contributed by atoms with van der Waals surface area (Å²) in [5.41, 5.74) is 1.65.